The van der Waals surface area contributed by atoms with E-state index < -0.39 is 0 Å². The third kappa shape index (κ3) is 4.31. The van der Waals surface area contributed by atoms with Crippen molar-refractivity contribution in [2.75, 3.05) is 5.32 Å². The molecule has 0 saturated heterocycles. The first-order valence-corrected chi connectivity index (χ1v) is 6.86. The summed E-state index contributed by atoms with van der Waals surface area (Å²) >= 11 is 6.20. The molecule has 1 N–H and O–H groups in total. The van der Waals surface area contributed by atoms with Crippen LogP contribution >= 0.6 is 11.6 Å². The van der Waals surface area contributed by atoms with Gasteiger partial charge in [0.15, 0.2) is 0 Å². The van der Waals surface area contributed by atoms with Crippen molar-refractivity contribution in [1.29, 1.82) is 0 Å². The van der Waals surface area contributed by atoms with Crippen molar-refractivity contribution in [2.24, 2.45) is 0 Å². The van der Waals surface area contributed by atoms with Gasteiger partial charge in [0.1, 0.15) is 23.0 Å². The number of anilines is 1. The topological polar surface area (TPSA) is 54.9 Å². The number of hydrogen-bond acceptors (Lipinski definition) is 4. The van der Waals surface area contributed by atoms with Gasteiger partial charge in [-0.05, 0) is 19.3 Å². The average Bonchev–Trinajstić information content (AvgIpc) is 2.46. The van der Waals surface area contributed by atoms with Crippen LogP contribution < -0.4 is 5.32 Å². The number of halogens is 1. The number of rotatable bonds is 3. The Balaban J connectivity index is 0.000000861. The summed E-state index contributed by atoms with van der Waals surface area (Å²) in [6.07, 6.45) is 5.35. The van der Waals surface area contributed by atoms with Crippen molar-refractivity contribution >= 4 is 23.2 Å². The second kappa shape index (κ2) is 7.89. The van der Waals surface area contributed by atoms with E-state index >= 15 is 0 Å². The molecule has 0 radical (unpaired) electrons. The largest absolute Gasteiger partial charge is 0.366 e. The molecule has 1 heterocycles. The number of carbonyl (C=O) groups is 1. The Morgan fingerprint density at radius 2 is 2.00 bits per heavy atom. The minimum Gasteiger partial charge on any atom is -0.366 e. The molecule has 0 bridgehead atoms. The second-order valence-electron chi connectivity index (χ2n) is 4.29. The Hall–Kier alpha value is -1.42. The van der Waals surface area contributed by atoms with Gasteiger partial charge in [-0.25, -0.2) is 9.97 Å². The molecule has 1 aliphatic carbocycles. The zero-order valence-electron chi connectivity index (χ0n) is 11.3. The molecule has 104 valence electrons. The highest BCUT2D eigenvalue weighted by Crippen LogP contribution is 2.25. The number of aryl methyl sites for hydroxylation is 1. The van der Waals surface area contributed by atoms with E-state index in [1.54, 1.807) is 0 Å². The molecular formula is C14H20ClN3O. The lowest BCUT2D eigenvalue weighted by Gasteiger charge is -2.23. The minimum atomic E-state index is 0.296. The Morgan fingerprint density at radius 3 is 2.58 bits per heavy atom. The maximum absolute atomic E-state index is 11.1. The van der Waals surface area contributed by atoms with Crippen LogP contribution in [0.25, 0.3) is 0 Å². The average molecular weight is 282 g/mol. The molecule has 0 atom stereocenters. The normalized spacial score (nSPS) is 15.6. The van der Waals surface area contributed by atoms with E-state index in [1.807, 2.05) is 6.92 Å². The van der Waals surface area contributed by atoms with Gasteiger partial charge in [0.05, 0.1) is 5.69 Å². The van der Waals surface area contributed by atoms with Gasteiger partial charge in [-0.15, -0.1) is 13.2 Å². The molecule has 0 amide bonds. The number of aromatic nitrogens is 2. The van der Waals surface area contributed by atoms with Crippen molar-refractivity contribution in [1.82, 2.24) is 9.97 Å². The summed E-state index contributed by atoms with van der Waals surface area (Å²) in [7, 11) is 0. The summed E-state index contributed by atoms with van der Waals surface area (Å²) in [6, 6.07) is 0.296. The summed E-state index contributed by atoms with van der Waals surface area (Å²) in [5.74, 6) is 1.05. The van der Waals surface area contributed by atoms with Crippen LogP contribution in [0.1, 0.15) is 38.3 Å². The SMILES string of the molecule is C=C.CCc1ncnc(NC2CCC(=O)CC2)c1Cl. The first-order valence-electron chi connectivity index (χ1n) is 6.48. The van der Waals surface area contributed by atoms with E-state index in [4.69, 9.17) is 11.6 Å². The van der Waals surface area contributed by atoms with Gasteiger partial charge in [-0.2, -0.15) is 0 Å². The first kappa shape index (κ1) is 15.6. The Morgan fingerprint density at radius 1 is 1.37 bits per heavy atom. The van der Waals surface area contributed by atoms with Gasteiger partial charge < -0.3 is 5.32 Å². The van der Waals surface area contributed by atoms with Crippen LogP contribution in [0.15, 0.2) is 19.5 Å². The molecule has 1 aliphatic rings. The molecule has 1 aromatic rings. The lowest BCUT2D eigenvalue weighted by Crippen LogP contribution is -2.26. The number of nitrogens with zero attached hydrogens (tertiary/aromatic N) is 2. The Labute approximate surface area is 119 Å². The third-order valence-electron chi connectivity index (χ3n) is 3.08. The summed E-state index contributed by atoms with van der Waals surface area (Å²) in [5.41, 5.74) is 0.857. The van der Waals surface area contributed by atoms with E-state index in [2.05, 4.69) is 28.4 Å². The van der Waals surface area contributed by atoms with Crippen molar-refractivity contribution < 1.29 is 4.79 Å². The van der Waals surface area contributed by atoms with Crippen LogP contribution in [0, 0.1) is 0 Å². The van der Waals surface area contributed by atoms with Crippen LogP contribution in [-0.4, -0.2) is 21.8 Å². The monoisotopic (exact) mass is 281 g/mol. The third-order valence-corrected chi connectivity index (χ3v) is 3.48. The molecule has 2 rings (SSSR count). The number of carbonyl (C=O) groups excluding carboxylic acids is 1. The number of Topliss-reactive ketones (excluding diaryl/α,β-unsaturated/α-hetero) is 1. The zero-order valence-corrected chi connectivity index (χ0v) is 12.0. The molecule has 4 nitrogen and oxygen atoms in total. The van der Waals surface area contributed by atoms with E-state index in [1.165, 1.54) is 6.33 Å². The van der Waals surface area contributed by atoms with Gasteiger partial charge >= 0.3 is 0 Å². The van der Waals surface area contributed by atoms with Crippen LogP contribution in [0.4, 0.5) is 5.82 Å². The van der Waals surface area contributed by atoms with Crippen molar-refractivity contribution in [3.63, 3.8) is 0 Å². The van der Waals surface area contributed by atoms with E-state index in [0.717, 1.165) is 25.0 Å². The molecule has 1 saturated carbocycles. The van der Waals surface area contributed by atoms with Gasteiger partial charge in [-0.3, -0.25) is 4.79 Å². The Bertz CT molecular complexity index is 427. The number of nitrogens with one attached hydrogen (secondary N) is 1. The molecule has 0 aliphatic heterocycles. The van der Waals surface area contributed by atoms with Gasteiger partial charge in [0.25, 0.3) is 0 Å². The quantitative estimate of drug-likeness (QED) is 0.863. The molecule has 0 unspecified atom stereocenters. The van der Waals surface area contributed by atoms with Crippen molar-refractivity contribution in [3.05, 3.63) is 30.2 Å². The van der Waals surface area contributed by atoms with Crippen LogP contribution in [0.3, 0.4) is 0 Å². The molecule has 5 heteroatoms. The molecule has 19 heavy (non-hydrogen) atoms. The Kier molecular flexibility index (Phi) is 6.50. The smallest absolute Gasteiger partial charge is 0.148 e. The minimum absolute atomic E-state index is 0.296. The van der Waals surface area contributed by atoms with Crippen LogP contribution in [-0.2, 0) is 11.2 Å². The van der Waals surface area contributed by atoms with Crippen molar-refractivity contribution in [3.8, 4) is 0 Å². The lowest BCUT2D eigenvalue weighted by molar-refractivity contribution is -0.120. The number of ketones is 1. The zero-order chi connectivity index (χ0) is 14.3. The maximum atomic E-state index is 11.1. The van der Waals surface area contributed by atoms with Gasteiger partial charge in [0, 0.05) is 18.9 Å². The lowest BCUT2D eigenvalue weighted by atomic mass is 9.94. The summed E-state index contributed by atoms with van der Waals surface area (Å²) in [6.45, 7) is 8.01. The first-order chi connectivity index (χ1) is 9.20. The number of hydrogen-bond donors (Lipinski definition) is 1. The van der Waals surface area contributed by atoms with E-state index in [9.17, 15) is 4.79 Å². The molecule has 0 aromatic carbocycles. The van der Waals surface area contributed by atoms with Crippen LogP contribution in [0.5, 0.6) is 0 Å². The maximum Gasteiger partial charge on any atom is 0.148 e. The summed E-state index contributed by atoms with van der Waals surface area (Å²) in [4.78, 5) is 19.4. The fourth-order valence-electron chi connectivity index (χ4n) is 2.03. The predicted molar refractivity (Wildman–Crippen MR) is 78.6 cm³/mol. The highest BCUT2D eigenvalue weighted by Gasteiger charge is 2.20. The molecule has 0 spiro atoms. The van der Waals surface area contributed by atoms with Crippen molar-refractivity contribution in [2.45, 2.75) is 45.1 Å². The van der Waals surface area contributed by atoms with Gasteiger partial charge in [-0.1, -0.05) is 18.5 Å². The molecule has 1 fully saturated rings. The van der Waals surface area contributed by atoms with E-state index in [0.29, 0.717) is 35.5 Å². The fourth-order valence-corrected chi connectivity index (χ4v) is 2.32. The highest BCUT2D eigenvalue weighted by atomic mass is 35.5. The van der Waals surface area contributed by atoms with Crippen LogP contribution in [0.2, 0.25) is 5.02 Å². The summed E-state index contributed by atoms with van der Waals surface area (Å²) in [5, 5.41) is 3.91. The predicted octanol–water partition coefficient (Wildman–Crippen LogP) is 3.42. The molecule has 1 aromatic heterocycles. The van der Waals surface area contributed by atoms with E-state index in [-0.39, 0.29) is 0 Å². The standard InChI is InChI=1S/C12H16ClN3O.C2H4/c1-2-10-11(13)12(15-7-14-10)16-8-3-5-9(17)6-4-8;1-2/h7-8H,2-6H2,1H3,(H,14,15,16);1-2H2. The summed E-state index contributed by atoms with van der Waals surface area (Å²) < 4.78 is 0. The van der Waals surface area contributed by atoms with Gasteiger partial charge in [0.2, 0.25) is 0 Å². The highest BCUT2D eigenvalue weighted by molar-refractivity contribution is 6.33. The molecular weight excluding hydrogens is 262 g/mol. The second-order valence-corrected chi connectivity index (χ2v) is 4.67. The fraction of sp³-hybridized carbons (Fsp3) is 0.500.